The summed E-state index contributed by atoms with van der Waals surface area (Å²) in [5.74, 6) is -1.93. The van der Waals surface area contributed by atoms with Gasteiger partial charge in [0.15, 0.2) is 5.54 Å². The Bertz CT molecular complexity index is 1370. The van der Waals surface area contributed by atoms with Crippen LogP contribution in [0.2, 0.25) is 0 Å². The van der Waals surface area contributed by atoms with Crippen molar-refractivity contribution in [1.82, 2.24) is 15.5 Å². The molecule has 8 heteroatoms. The van der Waals surface area contributed by atoms with E-state index in [1.807, 2.05) is 85.5 Å². The topological polar surface area (TPSA) is 108 Å². The molecule has 214 valence electrons. The third-order valence-corrected chi connectivity index (χ3v) is 8.48. The fourth-order valence-electron chi connectivity index (χ4n) is 5.98. The van der Waals surface area contributed by atoms with Gasteiger partial charge >= 0.3 is 12.1 Å². The van der Waals surface area contributed by atoms with Gasteiger partial charge in [-0.25, -0.2) is 9.59 Å². The molecule has 1 heterocycles. The SMILES string of the molecule is CCC(C)C(NC(=O)OCC1c2ccccc2-c2ccccc21)C(=O)NC1(C(=O)O)CCN(Cc2ccccc2)C1. The standard InChI is InChI=1S/C33H37N3O5/c1-3-22(2)29(30(37)35-33(31(38)39)17-18-36(21-33)19-23-11-5-4-6-12-23)34-32(40)41-20-28-26-15-9-7-13-24(26)25-14-8-10-16-27(25)28/h4-16,22,28-29H,3,17-21H2,1-2H3,(H,34,40)(H,35,37)(H,38,39). The first-order valence-corrected chi connectivity index (χ1v) is 14.2. The lowest BCUT2D eigenvalue weighted by Gasteiger charge is -2.30. The second-order valence-electron chi connectivity index (χ2n) is 11.2. The number of carboxylic acid groups (broad SMARTS) is 1. The number of hydrogen-bond donors (Lipinski definition) is 3. The molecule has 1 aliphatic heterocycles. The number of aliphatic carboxylic acids is 1. The second kappa shape index (κ2) is 12.1. The maximum absolute atomic E-state index is 13.5. The maximum atomic E-state index is 13.5. The smallest absolute Gasteiger partial charge is 0.407 e. The highest BCUT2D eigenvalue weighted by Crippen LogP contribution is 2.44. The van der Waals surface area contributed by atoms with Crippen LogP contribution < -0.4 is 10.6 Å². The molecule has 3 N–H and O–H groups in total. The molecule has 0 spiro atoms. The van der Waals surface area contributed by atoms with Crippen molar-refractivity contribution >= 4 is 18.0 Å². The number of carboxylic acids is 1. The Morgan fingerprint density at radius 1 is 0.976 bits per heavy atom. The molecule has 0 bridgehead atoms. The maximum Gasteiger partial charge on any atom is 0.407 e. The number of benzene rings is 3. The van der Waals surface area contributed by atoms with Crippen LogP contribution in [0.25, 0.3) is 11.1 Å². The normalized spacial score (nSPS) is 19.6. The minimum absolute atomic E-state index is 0.103. The molecule has 1 aliphatic carbocycles. The molecule has 2 aliphatic rings. The number of fused-ring (bicyclic) bond motifs is 3. The minimum atomic E-state index is -1.43. The second-order valence-corrected chi connectivity index (χ2v) is 11.2. The number of carbonyl (C=O) groups excluding carboxylic acids is 2. The molecule has 5 rings (SSSR count). The van der Waals surface area contributed by atoms with Crippen LogP contribution in [0.4, 0.5) is 4.79 Å². The van der Waals surface area contributed by atoms with Gasteiger partial charge in [-0.05, 0) is 40.2 Å². The van der Waals surface area contributed by atoms with E-state index in [0.29, 0.717) is 19.5 Å². The molecule has 0 aromatic heterocycles. The summed E-state index contributed by atoms with van der Waals surface area (Å²) >= 11 is 0. The quantitative estimate of drug-likeness (QED) is 0.332. The van der Waals surface area contributed by atoms with Crippen LogP contribution in [0.5, 0.6) is 0 Å². The summed E-state index contributed by atoms with van der Waals surface area (Å²) in [6.07, 6.45) is 0.190. The first-order valence-electron chi connectivity index (χ1n) is 14.2. The number of alkyl carbamates (subject to hydrolysis) is 1. The van der Waals surface area contributed by atoms with Crippen molar-refractivity contribution in [2.75, 3.05) is 19.7 Å². The summed E-state index contributed by atoms with van der Waals surface area (Å²) in [4.78, 5) is 41.0. The number of nitrogens with one attached hydrogen (secondary N) is 2. The van der Waals surface area contributed by atoms with Crippen molar-refractivity contribution in [3.63, 3.8) is 0 Å². The Hall–Kier alpha value is -4.17. The van der Waals surface area contributed by atoms with Gasteiger partial charge in [0.25, 0.3) is 0 Å². The Morgan fingerprint density at radius 3 is 2.20 bits per heavy atom. The lowest BCUT2D eigenvalue weighted by Crippen LogP contribution is -2.61. The van der Waals surface area contributed by atoms with E-state index in [4.69, 9.17) is 4.74 Å². The summed E-state index contributed by atoms with van der Waals surface area (Å²) in [5.41, 5.74) is 4.11. The molecule has 41 heavy (non-hydrogen) atoms. The van der Waals surface area contributed by atoms with Crippen molar-refractivity contribution in [2.45, 2.75) is 50.7 Å². The fourth-order valence-corrected chi connectivity index (χ4v) is 5.98. The van der Waals surface area contributed by atoms with Crippen LogP contribution >= 0.6 is 0 Å². The van der Waals surface area contributed by atoms with Crippen LogP contribution in [0.15, 0.2) is 78.9 Å². The monoisotopic (exact) mass is 555 g/mol. The summed E-state index contributed by atoms with van der Waals surface area (Å²) in [7, 11) is 0. The zero-order chi connectivity index (χ0) is 29.0. The predicted molar refractivity (Wildman–Crippen MR) is 156 cm³/mol. The molecule has 1 saturated heterocycles. The first-order chi connectivity index (χ1) is 19.8. The molecule has 3 aromatic carbocycles. The number of hydrogen-bond acceptors (Lipinski definition) is 5. The number of ether oxygens (including phenoxy) is 1. The van der Waals surface area contributed by atoms with E-state index >= 15 is 0 Å². The van der Waals surface area contributed by atoms with Crippen molar-refractivity contribution in [3.05, 3.63) is 95.6 Å². The minimum Gasteiger partial charge on any atom is -0.479 e. The highest BCUT2D eigenvalue weighted by Gasteiger charge is 2.47. The summed E-state index contributed by atoms with van der Waals surface area (Å²) in [6.45, 7) is 5.23. The van der Waals surface area contributed by atoms with E-state index in [9.17, 15) is 19.5 Å². The third kappa shape index (κ3) is 5.98. The highest BCUT2D eigenvalue weighted by atomic mass is 16.5. The molecule has 0 radical (unpaired) electrons. The third-order valence-electron chi connectivity index (χ3n) is 8.48. The molecule has 8 nitrogen and oxygen atoms in total. The van der Waals surface area contributed by atoms with Gasteiger partial charge in [-0.3, -0.25) is 9.69 Å². The Balaban J connectivity index is 1.24. The highest BCUT2D eigenvalue weighted by molar-refractivity contribution is 5.92. The molecule has 3 aromatic rings. The van der Waals surface area contributed by atoms with Crippen LogP contribution in [0.1, 0.15) is 49.3 Å². The lowest BCUT2D eigenvalue weighted by molar-refractivity contribution is -0.147. The van der Waals surface area contributed by atoms with Crippen molar-refractivity contribution in [1.29, 1.82) is 0 Å². The summed E-state index contributed by atoms with van der Waals surface area (Å²) in [5, 5.41) is 15.7. The number of likely N-dealkylation sites (tertiary alicyclic amines) is 1. The van der Waals surface area contributed by atoms with Gasteiger partial charge in [-0.15, -0.1) is 0 Å². The lowest BCUT2D eigenvalue weighted by atomic mass is 9.94. The molecular formula is C33H37N3O5. The first kappa shape index (κ1) is 28.4. The van der Waals surface area contributed by atoms with Gasteiger partial charge in [0, 0.05) is 25.6 Å². The van der Waals surface area contributed by atoms with Crippen molar-refractivity contribution in [3.8, 4) is 11.1 Å². The molecule has 3 atom stereocenters. The average molecular weight is 556 g/mol. The van der Waals surface area contributed by atoms with Crippen LogP contribution in [-0.4, -0.2) is 59.3 Å². The zero-order valence-electron chi connectivity index (χ0n) is 23.5. The molecule has 1 fully saturated rings. The van der Waals surface area contributed by atoms with Gasteiger partial charge in [-0.1, -0.05) is 99.1 Å². The largest absolute Gasteiger partial charge is 0.479 e. The Kier molecular flexibility index (Phi) is 8.40. The van der Waals surface area contributed by atoms with E-state index in [-0.39, 0.29) is 31.4 Å². The van der Waals surface area contributed by atoms with Crippen molar-refractivity contribution < 1.29 is 24.2 Å². The van der Waals surface area contributed by atoms with Gasteiger partial charge in [0.2, 0.25) is 5.91 Å². The molecule has 3 unspecified atom stereocenters. The van der Waals surface area contributed by atoms with Gasteiger partial charge < -0.3 is 20.5 Å². The average Bonchev–Trinajstić information content (AvgIpc) is 3.54. The number of amides is 2. The van der Waals surface area contributed by atoms with E-state index in [1.54, 1.807) is 0 Å². The number of carbonyl (C=O) groups is 3. The van der Waals surface area contributed by atoms with E-state index in [2.05, 4.69) is 22.8 Å². The molecular weight excluding hydrogens is 518 g/mol. The van der Waals surface area contributed by atoms with Gasteiger partial charge in [0.05, 0.1) is 0 Å². The van der Waals surface area contributed by atoms with E-state index < -0.39 is 29.6 Å². The van der Waals surface area contributed by atoms with Crippen LogP contribution in [0, 0.1) is 5.92 Å². The zero-order valence-corrected chi connectivity index (χ0v) is 23.5. The van der Waals surface area contributed by atoms with E-state index in [0.717, 1.165) is 27.8 Å². The number of rotatable bonds is 10. The van der Waals surface area contributed by atoms with Crippen molar-refractivity contribution in [2.24, 2.45) is 5.92 Å². The van der Waals surface area contributed by atoms with Crippen LogP contribution in [0.3, 0.4) is 0 Å². The Labute approximate surface area is 240 Å². The summed E-state index contributed by atoms with van der Waals surface area (Å²) < 4.78 is 5.69. The predicted octanol–water partition coefficient (Wildman–Crippen LogP) is 4.79. The van der Waals surface area contributed by atoms with E-state index in [1.165, 1.54) is 0 Å². The van der Waals surface area contributed by atoms with Crippen LogP contribution in [-0.2, 0) is 20.9 Å². The Morgan fingerprint density at radius 2 is 1.59 bits per heavy atom. The molecule has 0 saturated carbocycles. The van der Waals surface area contributed by atoms with Gasteiger partial charge in [0.1, 0.15) is 12.6 Å². The number of nitrogens with zero attached hydrogens (tertiary/aromatic N) is 1. The summed E-state index contributed by atoms with van der Waals surface area (Å²) in [6, 6.07) is 25.1. The fraction of sp³-hybridized carbons (Fsp3) is 0.364. The molecule has 2 amide bonds. The van der Waals surface area contributed by atoms with Gasteiger partial charge in [-0.2, -0.15) is 0 Å².